The number of amides is 1. The Morgan fingerprint density at radius 3 is 2.71 bits per heavy atom. The van der Waals surface area contributed by atoms with Crippen molar-refractivity contribution in [3.05, 3.63) is 29.3 Å². The predicted molar refractivity (Wildman–Crippen MR) is 62.9 cm³/mol. The Morgan fingerprint density at radius 2 is 2.06 bits per heavy atom. The van der Waals surface area contributed by atoms with Gasteiger partial charge in [-0.05, 0) is 25.5 Å². The first kappa shape index (κ1) is 13.4. The highest BCUT2D eigenvalue weighted by atomic mass is 19.1. The molecule has 0 atom stereocenters. The third-order valence-electron chi connectivity index (χ3n) is 2.31. The van der Waals surface area contributed by atoms with Gasteiger partial charge in [-0.2, -0.15) is 0 Å². The lowest BCUT2D eigenvalue weighted by atomic mass is 10.2. The zero-order valence-corrected chi connectivity index (χ0v) is 9.94. The van der Waals surface area contributed by atoms with E-state index >= 15 is 0 Å². The molecule has 3 nitrogen and oxygen atoms in total. The van der Waals surface area contributed by atoms with Crippen molar-refractivity contribution in [1.29, 1.82) is 0 Å². The number of carbonyl (C=O) groups is 1. The van der Waals surface area contributed by atoms with E-state index in [0.29, 0.717) is 12.1 Å². The zero-order valence-electron chi connectivity index (χ0n) is 9.94. The molecule has 0 bridgehead atoms. The van der Waals surface area contributed by atoms with Gasteiger partial charge >= 0.3 is 0 Å². The summed E-state index contributed by atoms with van der Waals surface area (Å²) in [6, 6.07) is 2.58. The summed E-state index contributed by atoms with van der Waals surface area (Å²) in [7, 11) is 0. The number of hydrogen-bond donors (Lipinski definition) is 2. The molecule has 2 N–H and O–H groups in total. The summed E-state index contributed by atoms with van der Waals surface area (Å²) in [5.41, 5.74) is 0.196. The van der Waals surface area contributed by atoms with Gasteiger partial charge in [-0.25, -0.2) is 8.78 Å². The van der Waals surface area contributed by atoms with Crippen molar-refractivity contribution in [3.8, 4) is 0 Å². The normalized spacial score (nSPS) is 10.1. The van der Waals surface area contributed by atoms with E-state index in [1.807, 2.05) is 6.92 Å². The minimum atomic E-state index is -0.649. The highest BCUT2D eigenvalue weighted by molar-refractivity contribution is 5.76. The third kappa shape index (κ3) is 3.69. The Kier molecular flexibility index (Phi) is 4.87. The van der Waals surface area contributed by atoms with Gasteiger partial charge in [0.15, 0.2) is 5.82 Å². The number of halogens is 2. The topological polar surface area (TPSA) is 41.1 Å². The van der Waals surface area contributed by atoms with E-state index in [0.717, 1.165) is 0 Å². The molecule has 0 aliphatic heterocycles. The van der Waals surface area contributed by atoms with Crippen LogP contribution in [0.2, 0.25) is 0 Å². The molecule has 1 aromatic rings. The second kappa shape index (κ2) is 6.18. The average Bonchev–Trinajstić information content (AvgIpc) is 2.29. The van der Waals surface area contributed by atoms with Gasteiger partial charge in [-0.1, -0.05) is 6.07 Å². The molecule has 0 radical (unpaired) electrons. The molecule has 0 aliphatic carbocycles. The molecule has 5 heteroatoms. The summed E-state index contributed by atoms with van der Waals surface area (Å²) in [6.07, 6.45) is 0.181. The van der Waals surface area contributed by atoms with Gasteiger partial charge in [-0.3, -0.25) is 4.79 Å². The molecular formula is C12H16F2N2O. The second-order valence-electron chi connectivity index (χ2n) is 3.68. The molecule has 0 saturated carbocycles. The minimum absolute atomic E-state index is 0.145. The average molecular weight is 242 g/mol. The number of nitrogens with one attached hydrogen (secondary N) is 2. The van der Waals surface area contributed by atoms with Crippen molar-refractivity contribution < 1.29 is 13.6 Å². The smallest absolute Gasteiger partial charge is 0.221 e. The van der Waals surface area contributed by atoms with Gasteiger partial charge in [0, 0.05) is 19.5 Å². The van der Waals surface area contributed by atoms with Gasteiger partial charge in [0.1, 0.15) is 11.5 Å². The SMILES string of the molecule is CCNC(=O)CCNc1c(F)ccc(C)c1F. The molecule has 0 saturated heterocycles. The fourth-order valence-electron chi connectivity index (χ4n) is 1.41. The first-order valence-electron chi connectivity index (χ1n) is 5.51. The maximum absolute atomic E-state index is 13.5. The van der Waals surface area contributed by atoms with Crippen LogP contribution in [-0.4, -0.2) is 19.0 Å². The summed E-state index contributed by atoms with van der Waals surface area (Å²) in [6.45, 7) is 4.12. The van der Waals surface area contributed by atoms with Crippen LogP contribution >= 0.6 is 0 Å². The molecule has 94 valence electrons. The van der Waals surface area contributed by atoms with Gasteiger partial charge in [-0.15, -0.1) is 0 Å². The lowest BCUT2D eigenvalue weighted by molar-refractivity contribution is -0.120. The Hall–Kier alpha value is -1.65. The Morgan fingerprint density at radius 1 is 1.35 bits per heavy atom. The Bertz CT molecular complexity index is 408. The van der Waals surface area contributed by atoms with E-state index < -0.39 is 11.6 Å². The van der Waals surface area contributed by atoms with Crippen molar-refractivity contribution in [2.24, 2.45) is 0 Å². The zero-order chi connectivity index (χ0) is 12.8. The van der Waals surface area contributed by atoms with Gasteiger partial charge in [0.05, 0.1) is 0 Å². The quantitative estimate of drug-likeness (QED) is 0.831. The molecule has 17 heavy (non-hydrogen) atoms. The van der Waals surface area contributed by atoms with Crippen molar-refractivity contribution in [2.75, 3.05) is 18.4 Å². The number of benzene rings is 1. The number of anilines is 1. The molecule has 1 aromatic carbocycles. The third-order valence-corrected chi connectivity index (χ3v) is 2.31. The van der Waals surface area contributed by atoms with Crippen LogP contribution in [0.15, 0.2) is 12.1 Å². The van der Waals surface area contributed by atoms with E-state index in [9.17, 15) is 13.6 Å². The van der Waals surface area contributed by atoms with Crippen LogP contribution in [0.1, 0.15) is 18.9 Å². The molecule has 0 spiro atoms. The van der Waals surface area contributed by atoms with Crippen molar-refractivity contribution >= 4 is 11.6 Å². The van der Waals surface area contributed by atoms with Crippen molar-refractivity contribution in [3.63, 3.8) is 0 Å². The van der Waals surface area contributed by atoms with Crippen LogP contribution in [0.4, 0.5) is 14.5 Å². The highest BCUT2D eigenvalue weighted by Crippen LogP contribution is 2.21. The minimum Gasteiger partial charge on any atom is -0.380 e. The molecule has 0 unspecified atom stereocenters. The predicted octanol–water partition coefficient (Wildman–Crippen LogP) is 2.21. The number of aryl methyl sites for hydroxylation is 1. The Labute approximate surface area is 99.2 Å². The second-order valence-corrected chi connectivity index (χ2v) is 3.68. The van der Waals surface area contributed by atoms with Gasteiger partial charge in [0.2, 0.25) is 5.91 Å². The van der Waals surface area contributed by atoms with E-state index in [2.05, 4.69) is 10.6 Å². The fraction of sp³-hybridized carbons (Fsp3) is 0.417. The molecule has 0 heterocycles. The largest absolute Gasteiger partial charge is 0.380 e. The van der Waals surface area contributed by atoms with Crippen LogP contribution in [0.3, 0.4) is 0 Å². The molecule has 1 amide bonds. The number of hydrogen-bond acceptors (Lipinski definition) is 2. The number of rotatable bonds is 5. The molecule has 0 fully saturated rings. The number of carbonyl (C=O) groups excluding carboxylic acids is 1. The van der Waals surface area contributed by atoms with Gasteiger partial charge < -0.3 is 10.6 Å². The monoisotopic (exact) mass is 242 g/mol. The van der Waals surface area contributed by atoms with E-state index in [-0.39, 0.29) is 24.6 Å². The maximum atomic E-state index is 13.5. The molecule has 0 aliphatic rings. The van der Waals surface area contributed by atoms with Crippen LogP contribution < -0.4 is 10.6 Å². The van der Waals surface area contributed by atoms with E-state index in [1.54, 1.807) is 6.92 Å². The van der Waals surface area contributed by atoms with Crippen LogP contribution in [-0.2, 0) is 4.79 Å². The maximum Gasteiger partial charge on any atom is 0.221 e. The van der Waals surface area contributed by atoms with E-state index in [1.165, 1.54) is 12.1 Å². The fourth-order valence-corrected chi connectivity index (χ4v) is 1.41. The standard InChI is InChI=1S/C12H16F2N2O/c1-3-15-10(17)6-7-16-12-9(13)5-4-8(2)11(12)14/h4-5,16H,3,6-7H2,1-2H3,(H,15,17). The van der Waals surface area contributed by atoms with Crippen molar-refractivity contribution in [2.45, 2.75) is 20.3 Å². The van der Waals surface area contributed by atoms with E-state index in [4.69, 9.17) is 0 Å². The first-order chi connectivity index (χ1) is 8.06. The summed E-state index contributed by atoms with van der Waals surface area (Å²) in [4.78, 5) is 11.1. The lowest BCUT2D eigenvalue weighted by Crippen LogP contribution is -2.25. The summed E-state index contributed by atoms with van der Waals surface area (Å²) >= 11 is 0. The molecule has 1 rings (SSSR count). The van der Waals surface area contributed by atoms with Crippen LogP contribution in [0.25, 0.3) is 0 Å². The first-order valence-corrected chi connectivity index (χ1v) is 5.51. The summed E-state index contributed by atoms with van der Waals surface area (Å²) in [5.74, 6) is -1.40. The van der Waals surface area contributed by atoms with Gasteiger partial charge in [0.25, 0.3) is 0 Å². The van der Waals surface area contributed by atoms with Crippen molar-refractivity contribution in [1.82, 2.24) is 5.32 Å². The highest BCUT2D eigenvalue weighted by Gasteiger charge is 2.11. The lowest BCUT2D eigenvalue weighted by Gasteiger charge is -2.10. The molecule has 0 aromatic heterocycles. The van der Waals surface area contributed by atoms with Crippen LogP contribution in [0, 0.1) is 18.6 Å². The summed E-state index contributed by atoms with van der Waals surface area (Å²) < 4.78 is 26.8. The Balaban J connectivity index is 2.58. The summed E-state index contributed by atoms with van der Waals surface area (Å²) in [5, 5.41) is 5.21. The molecular weight excluding hydrogens is 226 g/mol. The van der Waals surface area contributed by atoms with Crippen LogP contribution in [0.5, 0.6) is 0 Å².